The van der Waals surface area contributed by atoms with Crippen molar-refractivity contribution < 1.29 is 9.72 Å². The van der Waals surface area contributed by atoms with Gasteiger partial charge in [0, 0.05) is 13.1 Å². The number of nitrogens with one attached hydrogen (secondary N) is 1. The maximum Gasteiger partial charge on any atom is 0.316 e. The van der Waals surface area contributed by atoms with E-state index in [-0.39, 0.29) is 11.4 Å². The van der Waals surface area contributed by atoms with Crippen LogP contribution in [0, 0.1) is 15.5 Å². The number of benzene rings is 1. The minimum atomic E-state index is -0.667. The van der Waals surface area contributed by atoms with Gasteiger partial charge in [-0.2, -0.15) is 0 Å². The second-order valence-electron chi connectivity index (χ2n) is 5.17. The van der Waals surface area contributed by atoms with Crippen LogP contribution in [-0.2, 0) is 4.79 Å². The Morgan fingerprint density at radius 3 is 2.75 bits per heavy atom. The Morgan fingerprint density at radius 2 is 2.25 bits per heavy atom. The van der Waals surface area contributed by atoms with Gasteiger partial charge in [0.05, 0.1) is 10.3 Å². The van der Waals surface area contributed by atoms with Crippen LogP contribution in [0.4, 0.5) is 17.1 Å². The van der Waals surface area contributed by atoms with Crippen molar-refractivity contribution in [2.75, 3.05) is 23.4 Å². The summed E-state index contributed by atoms with van der Waals surface area (Å²) in [6.45, 7) is 2.66. The average molecular weight is 279 g/mol. The van der Waals surface area contributed by atoms with E-state index in [0.717, 1.165) is 0 Å². The number of hydrogen-bond donors (Lipinski definition) is 3. The number of anilines is 2. The normalized spacial score (nSPS) is 21.8. The second kappa shape index (κ2) is 4.97. The molecule has 1 amide bonds. The van der Waals surface area contributed by atoms with E-state index in [2.05, 4.69) is 5.43 Å². The van der Waals surface area contributed by atoms with Crippen LogP contribution in [0.15, 0.2) is 18.2 Å². The van der Waals surface area contributed by atoms with Gasteiger partial charge in [0.2, 0.25) is 5.91 Å². The molecule has 5 N–H and O–H groups in total. The highest BCUT2D eigenvalue weighted by Crippen LogP contribution is 2.40. The second-order valence-corrected chi connectivity index (χ2v) is 5.17. The predicted molar refractivity (Wildman–Crippen MR) is 75.0 cm³/mol. The maximum absolute atomic E-state index is 11.5. The summed E-state index contributed by atoms with van der Waals surface area (Å²) in [6, 6.07) is 4.86. The summed E-state index contributed by atoms with van der Waals surface area (Å²) >= 11 is 0. The maximum atomic E-state index is 11.5. The molecule has 0 bridgehead atoms. The highest BCUT2D eigenvalue weighted by molar-refractivity contribution is 5.83. The molecule has 1 fully saturated rings. The lowest BCUT2D eigenvalue weighted by Crippen LogP contribution is -2.37. The summed E-state index contributed by atoms with van der Waals surface area (Å²) in [5.74, 6) is 4.92. The van der Waals surface area contributed by atoms with Gasteiger partial charge in [0.25, 0.3) is 0 Å². The zero-order valence-electron chi connectivity index (χ0n) is 11.1. The molecule has 1 heterocycles. The highest BCUT2D eigenvalue weighted by Gasteiger charge is 2.40. The number of hydrogen-bond acceptors (Lipinski definition) is 6. The zero-order chi connectivity index (χ0) is 14.9. The van der Waals surface area contributed by atoms with Gasteiger partial charge in [-0.3, -0.25) is 20.8 Å². The van der Waals surface area contributed by atoms with Crippen LogP contribution < -0.4 is 21.9 Å². The summed E-state index contributed by atoms with van der Waals surface area (Å²) in [5, 5.41) is 11.2. The lowest BCUT2D eigenvalue weighted by Gasteiger charge is -2.22. The van der Waals surface area contributed by atoms with Crippen molar-refractivity contribution in [3.8, 4) is 0 Å². The van der Waals surface area contributed by atoms with Crippen molar-refractivity contribution in [1.82, 2.24) is 0 Å². The summed E-state index contributed by atoms with van der Waals surface area (Å²) in [7, 11) is 0. The van der Waals surface area contributed by atoms with Gasteiger partial charge in [0.15, 0.2) is 0 Å². The van der Waals surface area contributed by atoms with Crippen LogP contribution in [0.3, 0.4) is 0 Å². The van der Waals surface area contributed by atoms with Crippen molar-refractivity contribution in [3.05, 3.63) is 28.3 Å². The van der Waals surface area contributed by atoms with Crippen LogP contribution in [0.1, 0.15) is 13.3 Å². The Labute approximate surface area is 115 Å². The fourth-order valence-corrected chi connectivity index (χ4v) is 2.46. The van der Waals surface area contributed by atoms with Gasteiger partial charge < -0.3 is 16.1 Å². The Balaban J connectivity index is 2.40. The Bertz CT molecular complexity index is 562. The number of para-hydroxylation sites is 1. The van der Waals surface area contributed by atoms with E-state index in [4.69, 9.17) is 11.6 Å². The number of nitrogen functional groups attached to an aromatic ring is 1. The van der Waals surface area contributed by atoms with Gasteiger partial charge in [0.1, 0.15) is 11.4 Å². The molecule has 1 aliphatic rings. The first-order chi connectivity index (χ1) is 9.39. The first-order valence-corrected chi connectivity index (χ1v) is 6.18. The third-order valence-corrected chi connectivity index (χ3v) is 3.76. The summed E-state index contributed by atoms with van der Waals surface area (Å²) in [4.78, 5) is 24.0. The van der Waals surface area contributed by atoms with Crippen molar-refractivity contribution in [2.24, 2.45) is 17.0 Å². The number of nitrogens with zero attached hydrogens (tertiary/aromatic N) is 2. The Kier molecular flexibility index (Phi) is 3.49. The SMILES string of the molecule is CC1(C(N)=O)CCN(c2cccc(NN)c2[N+](=O)[O-])C1. The molecule has 0 saturated carbocycles. The van der Waals surface area contributed by atoms with Crippen LogP contribution in [-0.4, -0.2) is 23.9 Å². The topological polar surface area (TPSA) is 128 Å². The number of carbonyl (C=O) groups excluding carboxylic acids is 1. The zero-order valence-corrected chi connectivity index (χ0v) is 11.1. The highest BCUT2D eigenvalue weighted by atomic mass is 16.6. The standard InChI is InChI=1S/C12H17N5O3/c1-12(11(13)18)5-6-16(7-12)9-4-2-3-8(15-14)10(9)17(19)20/h2-4,15H,5-7,14H2,1H3,(H2,13,18). The smallest absolute Gasteiger partial charge is 0.316 e. The number of nitro benzene ring substituents is 1. The van der Waals surface area contributed by atoms with Crippen LogP contribution in [0.2, 0.25) is 0 Å². The van der Waals surface area contributed by atoms with E-state index in [1.54, 1.807) is 24.0 Å². The summed E-state index contributed by atoms with van der Waals surface area (Å²) < 4.78 is 0. The Hall–Kier alpha value is -2.35. The van der Waals surface area contributed by atoms with Crippen LogP contribution in [0.25, 0.3) is 0 Å². The third-order valence-electron chi connectivity index (χ3n) is 3.76. The van der Waals surface area contributed by atoms with Crippen molar-refractivity contribution >= 4 is 23.0 Å². The predicted octanol–water partition coefficient (Wildman–Crippen LogP) is 0.582. The molecule has 1 aromatic rings. The molecule has 0 aromatic heterocycles. The lowest BCUT2D eigenvalue weighted by molar-refractivity contribution is -0.383. The van der Waals surface area contributed by atoms with Crippen molar-refractivity contribution in [3.63, 3.8) is 0 Å². The van der Waals surface area contributed by atoms with E-state index >= 15 is 0 Å². The number of nitrogens with two attached hydrogens (primary N) is 2. The lowest BCUT2D eigenvalue weighted by atomic mass is 9.89. The number of primary amides is 1. The first-order valence-electron chi connectivity index (χ1n) is 6.18. The molecule has 1 aromatic carbocycles. The minimum absolute atomic E-state index is 0.0938. The third kappa shape index (κ3) is 2.25. The number of rotatable bonds is 4. The summed E-state index contributed by atoms with van der Waals surface area (Å²) in [6.07, 6.45) is 0.569. The molecular weight excluding hydrogens is 262 g/mol. The van der Waals surface area contributed by atoms with E-state index in [9.17, 15) is 14.9 Å². The fraction of sp³-hybridized carbons (Fsp3) is 0.417. The molecule has 2 rings (SSSR count). The monoisotopic (exact) mass is 279 g/mol. The van der Waals surface area contributed by atoms with Crippen molar-refractivity contribution in [2.45, 2.75) is 13.3 Å². The molecule has 0 spiro atoms. The van der Waals surface area contributed by atoms with E-state index in [0.29, 0.717) is 25.2 Å². The minimum Gasteiger partial charge on any atom is -0.369 e. The number of nitro groups is 1. The van der Waals surface area contributed by atoms with Crippen molar-refractivity contribution in [1.29, 1.82) is 0 Å². The quantitative estimate of drug-likeness (QED) is 0.420. The molecule has 1 unspecified atom stereocenters. The van der Waals surface area contributed by atoms with Crippen LogP contribution >= 0.6 is 0 Å². The molecular formula is C12H17N5O3. The molecule has 8 heteroatoms. The fourth-order valence-electron chi connectivity index (χ4n) is 2.46. The van der Waals surface area contributed by atoms with E-state index < -0.39 is 16.2 Å². The number of carbonyl (C=O) groups is 1. The molecule has 0 radical (unpaired) electrons. The number of amides is 1. The molecule has 1 atom stereocenters. The van der Waals surface area contributed by atoms with E-state index in [1.807, 2.05) is 0 Å². The number of hydrazine groups is 1. The molecule has 8 nitrogen and oxygen atoms in total. The van der Waals surface area contributed by atoms with Crippen LogP contribution in [0.5, 0.6) is 0 Å². The molecule has 1 aliphatic heterocycles. The molecule has 1 saturated heterocycles. The molecule has 108 valence electrons. The van der Waals surface area contributed by atoms with Gasteiger partial charge in [-0.05, 0) is 25.5 Å². The average Bonchev–Trinajstić information content (AvgIpc) is 2.81. The van der Waals surface area contributed by atoms with Gasteiger partial charge in [-0.25, -0.2) is 0 Å². The summed E-state index contributed by atoms with van der Waals surface area (Å²) in [5.41, 5.74) is 7.63. The Morgan fingerprint density at radius 1 is 1.55 bits per heavy atom. The molecule has 20 heavy (non-hydrogen) atoms. The van der Waals surface area contributed by atoms with E-state index in [1.165, 1.54) is 6.07 Å². The van der Waals surface area contributed by atoms with Gasteiger partial charge in [-0.15, -0.1) is 0 Å². The van der Waals surface area contributed by atoms with Gasteiger partial charge >= 0.3 is 5.69 Å². The largest absolute Gasteiger partial charge is 0.369 e. The molecule has 0 aliphatic carbocycles. The first kappa shape index (κ1) is 14.1. The van der Waals surface area contributed by atoms with Gasteiger partial charge in [-0.1, -0.05) is 6.07 Å².